The summed E-state index contributed by atoms with van der Waals surface area (Å²) in [6.45, 7) is 1.37. The fourth-order valence-electron chi connectivity index (χ4n) is 1.01. The summed E-state index contributed by atoms with van der Waals surface area (Å²) in [5, 5.41) is 9.56. The highest BCUT2D eigenvalue weighted by atomic mass is 35.5. The summed E-state index contributed by atoms with van der Waals surface area (Å²) in [5.74, 6) is 0.660. The lowest BCUT2D eigenvalue weighted by atomic mass is 10.4. The van der Waals surface area contributed by atoms with Crippen LogP contribution in [0.4, 0.5) is 0 Å². The van der Waals surface area contributed by atoms with Crippen molar-refractivity contribution in [2.75, 3.05) is 0 Å². The van der Waals surface area contributed by atoms with Crippen molar-refractivity contribution in [2.45, 2.75) is 13.1 Å². The number of rotatable bonds is 4. The summed E-state index contributed by atoms with van der Waals surface area (Å²) in [7, 11) is 0. The zero-order valence-electron chi connectivity index (χ0n) is 7.24. The van der Waals surface area contributed by atoms with Crippen molar-refractivity contribution in [3.63, 3.8) is 0 Å². The second kappa shape index (κ2) is 4.54. The lowest BCUT2D eigenvalue weighted by Crippen LogP contribution is -2.12. The first-order chi connectivity index (χ1) is 6.84. The van der Waals surface area contributed by atoms with Gasteiger partial charge in [-0.3, -0.25) is 0 Å². The first-order valence-electron chi connectivity index (χ1n) is 4.03. The van der Waals surface area contributed by atoms with Crippen molar-refractivity contribution in [3.8, 4) is 0 Å². The molecule has 2 aromatic heterocycles. The van der Waals surface area contributed by atoms with Crippen LogP contribution in [0, 0.1) is 0 Å². The molecule has 0 aliphatic heterocycles. The van der Waals surface area contributed by atoms with Crippen LogP contribution in [0.2, 0.25) is 5.02 Å². The van der Waals surface area contributed by atoms with Gasteiger partial charge in [0.25, 0.3) is 0 Å². The summed E-state index contributed by atoms with van der Waals surface area (Å²) < 4.78 is 4.60. The molecule has 0 aliphatic carbocycles. The first kappa shape index (κ1) is 9.64. The molecule has 0 aliphatic rings. The van der Waals surface area contributed by atoms with Crippen molar-refractivity contribution in [1.29, 1.82) is 0 Å². The Morgan fingerprint density at radius 3 is 3.07 bits per heavy atom. The van der Waals surface area contributed by atoms with Gasteiger partial charge in [0.15, 0.2) is 5.82 Å². The fraction of sp³-hybridized carbons (Fsp3) is 0.250. The Bertz CT molecular complexity index is 387. The van der Waals surface area contributed by atoms with Gasteiger partial charge < -0.3 is 9.84 Å². The zero-order chi connectivity index (χ0) is 9.80. The van der Waals surface area contributed by atoms with Crippen LogP contribution in [-0.4, -0.2) is 10.1 Å². The van der Waals surface area contributed by atoms with E-state index in [0.29, 0.717) is 12.4 Å². The van der Waals surface area contributed by atoms with E-state index in [2.05, 4.69) is 20.0 Å². The van der Waals surface area contributed by atoms with Gasteiger partial charge in [-0.2, -0.15) is 4.98 Å². The molecule has 0 unspecified atom stereocenters. The molecular weight excluding hydrogens is 222 g/mol. The third-order valence-corrected chi connectivity index (χ3v) is 2.90. The molecule has 0 atom stereocenters. The summed E-state index contributed by atoms with van der Waals surface area (Å²) in [6.07, 6.45) is 1.32. The van der Waals surface area contributed by atoms with Gasteiger partial charge in [0.05, 0.1) is 11.6 Å². The summed E-state index contributed by atoms with van der Waals surface area (Å²) in [5.41, 5.74) is 0. The molecule has 74 valence electrons. The molecule has 4 nitrogen and oxygen atoms in total. The predicted molar refractivity (Wildman–Crippen MR) is 54.2 cm³/mol. The normalized spacial score (nSPS) is 10.6. The maximum absolute atomic E-state index is 5.78. The summed E-state index contributed by atoms with van der Waals surface area (Å²) in [4.78, 5) is 5.08. The van der Waals surface area contributed by atoms with Crippen LogP contribution in [0.3, 0.4) is 0 Å². The highest BCUT2D eigenvalue weighted by Gasteiger charge is 1.99. The van der Waals surface area contributed by atoms with Gasteiger partial charge >= 0.3 is 0 Å². The lowest BCUT2D eigenvalue weighted by Gasteiger charge is -1.97. The molecule has 0 saturated carbocycles. The number of nitrogens with zero attached hydrogens (tertiary/aromatic N) is 2. The van der Waals surface area contributed by atoms with E-state index in [1.807, 2.05) is 11.4 Å². The molecule has 14 heavy (non-hydrogen) atoms. The van der Waals surface area contributed by atoms with Crippen molar-refractivity contribution >= 4 is 22.9 Å². The third-order valence-electron chi connectivity index (χ3n) is 1.61. The van der Waals surface area contributed by atoms with Crippen LogP contribution in [0.1, 0.15) is 10.7 Å². The molecule has 6 heteroatoms. The number of hydrogen-bond donors (Lipinski definition) is 1. The molecule has 2 heterocycles. The van der Waals surface area contributed by atoms with E-state index in [0.717, 1.165) is 11.6 Å². The van der Waals surface area contributed by atoms with Gasteiger partial charge in [0, 0.05) is 16.8 Å². The summed E-state index contributed by atoms with van der Waals surface area (Å²) >= 11 is 7.41. The van der Waals surface area contributed by atoms with Crippen molar-refractivity contribution in [2.24, 2.45) is 0 Å². The average molecular weight is 230 g/mol. The van der Waals surface area contributed by atoms with Crippen LogP contribution in [0.15, 0.2) is 22.4 Å². The van der Waals surface area contributed by atoms with E-state index in [1.165, 1.54) is 11.3 Å². The second-order valence-electron chi connectivity index (χ2n) is 2.68. The minimum Gasteiger partial charge on any atom is -0.343 e. The van der Waals surface area contributed by atoms with Gasteiger partial charge in [-0.1, -0.05) is 16.8 Å². The monoisotopic (exact) mass is 229 g/mol. The largest absolute Gasteiger partial charge is 0.343 e. The van der Waals surface area contributed by atoms with Gasteiger partial charge in [0.1, 0.15) is 0 Å². The number of thiophene rings is 1. The number of hydrogen-bond acceptors (Lipinski definition) is 5. The maximum Gasteiger partial charge on any atom is 0.213 e. The topological polar surface area (TPSA) is 51.0 Å². The molecule has 0 radical (unpaired) electrons. The Labute approximate surface area is 89.9 Å². The molecule has 2 rings (SSSR count). The van der Waals surface area contributed by atoms with E-state index >= 15 is 0 Å². The smallest absolute Gasteiger partial charge is 0.213 e. The first-order valence-corrected chi connectivity index (χ1v) is 5.29. The molecule has 0 aromatic carbocycles. The maximum atomic E-state index is 5.78. The van der Waals surface area contributed by atoms with Crippen LogP contribution in [0.25, 0.3) is 0 Å². The van der Waals surface area contributed by atoms with E-state index in [-0.39, 0.29) is 0 Å². The van der Waals surface area contributed by atoms with Gasteiger partial charge in [-0.25, -0.2) is 0 Å². The second-order valence-corrected chi connectivity index (χ2v) is 4.11. The molecule has 0 amide bonds. The van der Waals surface area contributed by atoms with Gasteiger partial charge in [0.2, 0.25) is 6.39 Å². The third kappa shape index (κ3) is 2.54. The Hall–Kier alpha value is -0.910. The Balaban J connectivity index is 1.78. The number of aromatic nitrogens is 2. The fourth-order valence-corrected chi connectivity index (χ4v) is 2.06. The van der Waals surface area contributed by atoms with Crippen LogP contribution < -0.4 is 5.32 Å². The molecular formula is C8H8ClN3OS. The highest BCUT2D eigenvalue weighted by molar-refractivity contribution is 7.10. The molecule has 0 saturated heterocycles. The molecule has 0 bridgehead atoms. The average Bonchev–Trinajstić information content (AvgIpc) is 2.77. The SMILES string of the molecule is Clc1csc(CNCc2ncon2)c1. The van der Waals surface area contributed by atoms with Crippen molar-refractivity contribution in [3.05, 3.63) is 33.6 Å². The predicted octanol–water partition coefficient (Wildman–Crippen LogP) is 2.07. The van der Waals surface area contributed by atoms with E-state index < -0.39 is 0 Å². The number of nitrogens with one attached hydrogen (secondary N) is 1. The molecule has 1 N–H and O–H groups in total. The minimum atomic E-state index is 0.603. The van der Waals surface area contributed by atoms with E-state index in [9.17, 15) is 0 Å². The standard InChI is InChI=1S/C8H8ClN3OS/c9-6-1-7(14-4-6)2-10-3-8-11-5-13-12-8/h1,4-5,10H,2-3H2. The Morgan fingerprint density at radius 1 is 1.50 bits per heavy atom. The van der Waals surface area contributed by atoms with E-state index in [4.69, 9.17) is 11.6 Å². The lowest BCUT2D eigenvalue weighted by molar-refractivity contribution is 0.407. The zero-order valence-corrected chi connectivity index (χ0v) is 8.81. The minimum absolute atomic E-state index is 0.603. The van der Waals surface area contributed by atoms with Crippen LogP contribution in [0.5, 0.6) is 0 Å². The van der Waals surface area contributed by atoms with Crippen LogP contribution >= 0.6 is 22.9 Å². The Kier molecular flexibility index (Phi) is 3.13. The molecule has 0 spiro atoms. The molecule has 0 fully saturated rings. The van der Waals surface area contributed by atoms with Gasteiger partial charge in [-0.15, -0.1) is 11.3 Å². The van der Waals surface area contributed by atoms with Crippen molar-refractivity contribution in [1.82, 2.24) is 15.5 Å². The van der Waals surface area contributed by atoms with E-state index in [1.54, 1.807) is 11.3 Å². The molecule has 2 aromatic rings. The van der Waals surface area contributed by atoms with Crippen molar-refractivity contribution < 1.29 is 4.52 Å². The van der Waals surface area contributed by atoms with Crippen LogP contribution in [-0.2, 0) is 13.1 Å². The van der Waals surface area contributed by atoms with Gasteiger partial charge in [-0.05, 0) is 6.07 Å². The highest BCUT2D eigenvalue weighted by Crippen LogP contribution is 2.18. The quantitative estimate of drug-likeness (QED) is 0.872. The summed E-state index contributed by atoms with van der Waals surface area (Å²) in [6, 6.07) is 1.94. The Morgan fingerprint density at radius 2 is 2.43 bits per heavy atom. The number of halogens is 1.